The Kier molecular flexibility index (Phi) is 8.15. The predicted molar refractivity (Wildman–Crippen MR) is 124 cm³/mol. The number of ether oxygens (including phenoxy) is 2. The highest BCUT2D eigenvalue weighted by molar-refractivity contribution is 6.00. The van der Waals surface area contributed by atoms with E-state index >= 15 is 0 Å². The quantitative estimate of drug-likeness (QED) is 0.374. The smallest absolute Gasteiger partial charge is 0.416 e. The molecule has 190 valence electrons. The Morgan fingerprint density at radius 3 is 2.39 bits per heavy atom. The van der Waals surface area contributed by atoms with Crippen molar-refractivity contribution in [2.45, 2.75) is 31.6 Å². The molecule has 0 saturated heterocycles. The van der Waals surface area contributed by atoms with Gasteiger partial charge in [0.05, 0.1) is 18.0 Å². The van der Waals surface area contributed by atoms with Gasteiger partial charge < -0.3 is 25.6 Å². The molecule has 0 unspecified atom stereocenters. The number of nitrogens with two attached hydrogens (primary N) is 1. The molecular weight excluding hydrogens is 481 g/mol. The number of hydrogen-bond donors (Lipinski definition) is 3. The van der Waals surface area contributed by atoms with Gasteiger partial charge in [-0.3, -0.25) is 14.4 Å². The second-order valence-corrected chi connectivity index (χ2v) is 8.03. The van der Waals surface area contributed by atoms with Gasteiger partial charge in [0.2, 0.25) is 0 Å². The van der Waals surface area contributed by atoms with Crippen molar-refractivity contribution in [2.24, 2.45) is 5.73 Å². The second-order valence-electron chi connectivity index (χ2n) is 8.03. The molecule has 0 aromatic heterocycles. The van der Waals surface area contributed by atoms with Crippen LogP contribution in [0.4, 0.5) is 13.2 Å². The fourth-order valence-electron chi connectivity index (χ4n) is 3.26. The predicted octanol–water partition coefficient (Wildman–Crippen LogP) is 4.11. The number of carbonyl (C=O) groups is 3. The van der Waals surface area contributed by atoms with Gasteiger partial charge in [0, 0.05) is 10.9 Å². The molecule has 0 fully saturated rings. The maximum Gasteiger partial charge on any atom is 0.416 e. The Labute approximate surface area is 203 Å². The number of rotatable bonds is 9. The maximum atomic E-state index is 12.8. The van der Waals surface area contributed by atoms with Crippen LogP contribution < -0.4 is 15.8 Å². The summed E-state index contributed by atoms with van der Waals surface area (Å²) in [4.78, 5) is 35.0. The summed E-state index contributed by atoms with van der Waals surface area (Å²) in [5.74, 6) is -1.93. The lowest BCUT2D eigenvalue weighted by Crippen LogP contribution is -2.40. The van der Waals surface area contributed by atoms with Gasteiger partial charge in [-0.05, 0) is 60.8 Å². The van der Waals surface area contributed by atoms with E-state index in [0.29, 0.717) is 22.1 Å². The van der Waals surface area contributed by atoms with Crippen molar-refractivity contribution in [3.05, 3.63) is 71.8 Å². The lowest BCUT2D eigenvalue weighted by atomic mass is 10.1. The Balaban J connectivity index is 1.65. The molecule has 2 atom stereocenters. The SMILES string of the molecule is C[C@H](COC(=O)[C@@H](N)CC(=O)O)NC(=O)c1ccc2c(Oc3ccc(C(F)(F)F)cc3)cccc2c1. The highest BCUT2D eigenvalue weighted by atomic mass is 19.4. The average molecular weight is 504 g/mol. The van der Waals surface area contributed by atoms with Crippen LogP contribution in [0.3, 0.4) is 0 Å². The van der Waals surface area contributed by atoms with Gasteiger partial charge in [0.25, 0.3) is 5.91 Å². The molecule has 3 rings (SSSR count). The topological polar surface area (TPSA) is 128 Å². The minimum Gasteiger partial charge on any atom is -0.481 e. The monoisotopic (exact) mass is 504 g/mol. The van der Waals surface area contributed by atoms with Gasteiger partial charge in [-0.25, -0.2) is 0 Å². The molecule has 0 aliphatic rings. The largest absolute Gasteiger partial charge is 0.481 e. The number of benzene rings is 3. The number of carboxylic acids is 1. The molecule has 1 amide bonds. The Morgan fingerprint density at radius 1 is 1.06 bits per heavy atom. The van der Waals surface area contributed by atoms with Crippen molar-refractivity contribution >= 4 is 28.6 Å². The number of alkyl halides is 3. The molecule has 0 radical (unpaired) electrons. The number of aliphatic carboxylic acids is 1. The van der Waals surface area contributed by atoms with Crippen LogP contribution in [0.2, 0.25) is 0 Å². The third kappa shape index (κ3) is 6.95. The molecule has 0 saturated carbocycles. The van der Waals surface area contributed by atoms with E-state index in [1.807, 2.05) is 0 Å². The van der Waals surface area contributed by atoms with E-state index in [1.54, 1.807) is 43.3 Å². The van der Waals surface area contributed by atoms with Crippen molar-refractivity contribution in [1.29, 1.82) is 0 Å². The molecule has 0 aliphatic heterocycles. The number of halogens is 3. The van der Waals surface area contributed by atoms with Crippen LogP contribution in [0, 0.1) is 0 Å². The zero-order valence-electron chi connectivity index (χ0n) is 19.0. The second kappa shape index (κ2) is 11.1. The normalized spacial score (nSPS) is 13.0. The number of carboxylic acid groups (broad SMARTS) is 1. The van der Waals surface area contributed by atoms with E-state index in [0.717, 1.165) is 12.1 Å². The first-order valence-corrected chi connectivity index (χ1v) is 10.8. The molecule has 3 aromatic carbocycles. The lowest BCUT2D eigenvalue weighted by Gasteiger charge is -2.16. The van der Waals surface area contributed by atoms with Crippen LogP contribution in [-0.2, 0) is 20.5 Å². The summed E-state index contributed by atoms with van der Waals surface area (Å²) >= 11 is 0. The van der Waals surface area contributed by atoms with E-state index in [9.17, 15) is 27.6 Å². The zero-order valence-corrected chi connectivity index (χ0v) is 19.0. The third-order valence-electron chi connectivity index (χ3n) is 5.06. The lowest BCUT2D eigenvalue weighted by molar-refractivity contribution is -0.149. The number of esters is 1. The molecule has 0 heterocycles. The van der Waals surface area contributed by atoms with Gasteiger partial charge in [-0.1, -0.05) is 12.1 Å². The summed E-state index contributed by atoms with van der Waals surface area (Å²) in [5.41, 5.74) is 4.97. The summed E-state index contributed by atoms with van der Waals surface area (Å²) < 4.78 is 49.0. The first kappa shape index (κ1) is 26.5. The standard InChI is InChI=1S/C25H23F3N2O6/c1-14(13-35-24(34)20(29)12-22(31)32)30-23(33)16-5-10-19-15(11-16)3-2-4-21(19)36-18-8-6-17(7-9-18)25(26,27)28/h2-11,14,20H,12-13,29H2,1H3,(H,30,33)(H,31,32)/t14-,20+/m1/s1. The number of hydrogen-bond acceptors (Lipinski definition) is 6. The number of nitrogens with one attached hydrogen (secondary N) is 1. The third-order valence-corrected chi connectivity index (χ3v) is 5.06. The summed E-state index contributed by atoms with van der Waals surface area (Å²) in [7, 11) is 0. The first-order valence-electron chi connectivity index (χ1n) is 10.8. The summed E-state index contributed by atoms with van der Waals surface area (Å²) in [6, 6.07) is 12.4. The minimum absolute atomic E-state index is 0.198. The van der Waals surface area contributed by atoms with Gasteiger partial charge >= 0.3 is 18.1 Å². The average Bonchev–Trinajstić information content (AvgIpc) is 2.81. The molecular formula is C25H23F3N2O6. The Hall–Kier alpha value is -4.12. The van der Waals surface area contributed by atoms with Crippen molar-refractivity contribution in [2.75, 3.05) is 6.61 Å². The molecule has 8 nitrogen and oxygen atoms in total. The van der Waals surface area contributed by atoms with E-state index in [1.165, 1.54) is 12.1 Å². The molecule has 3 aromatic rings. The number of fused-ring (bicyclic) bond motifs is 1. The molecule has 11 heteroatoms. The summed E-state index contributed by atoms with van der Waals surface area (Å²) in [6.07, 6.45) is -5.01. The minimum atomic E-state index is -4.44. The van der Waals surface area contributed by atoms with Gasteiger partial charge in [-0.2, -0.15) is 13.2 Å². The number of amides is 1. The van der Waals surface area contributed by atoms with Crippen molar-refractivity contribution in [1.82, 2.24) is 5.32 Å². The van der Waals surface area contributed by atoms with Crippen molar-refractivity contribution in [3.8, 4) is 11.5 Å². The fraction of sp³-hybridized carbons (Fsp3) is 0.240. The van der Waals surface area contributed by atoms with Crippen LogP contribution in [0.1, 0.15) is 29.3 Å². The van der Waals surface area contributed by atoms with Crippen LogP contribution in [0.15, 0.2) is 60.7 Å². The molecule has 0 bridgehead atoms. The van der Waals surface area contributed by atoms with E-state index in [4.69, 9.17) is 20.3 Å². The number of carbonyl (C=O) groups excluding carboxylic acids is 2. The van der Waals surface area contributed by atoms with Gasteiger partial charge in [0.1, 0.15) is 24.1 Å². The summed E-state index contributed by atoms with van der Waals surface area (Å²) in [5, 5.41) is 12.6. The zero-order chi connectivity index (χ0) is 26.5. The van der Waals surface area contributed by atoms with Gasteiger partial charge in [-0.15, -0.1) is 0 Å². The van der Waals surface area contributed by atoms with Crippen molar-refractivity contribution < 1.29 is 42.1 Å². The highest BCUT2D eigenvalue weighted by Gasteiger charge is 2.30. The van der Waals surface area contributed by atoms with Gasteiger partial charge in [0.15, 0.2) is 0 Å². The van der Waals surface area contributed by atoms with Crippen LogP contribution in [0.5, 0.6) is 11.5 Å². The van der Waals surface area contributed by atoms with E-state index < -0.39 is 48.1 Å². The van der Waals surface area contributed by atoms with Crippen LogP contribution >= 0.6 is 0 Å². The maximum absolute atomic E-state index is 12.8. The molecule has 0 aliphatic carbocycles. The highest BCUT2D eigenvalue weighted by Crippen LogP contribution is 2.33. The van der Waals surface area contributed by atoms with E-state index in [2.05, 4.69) is 5.32 Å². The first-order chi connectivity index (χ1) is 16.9. The van der Waals surface area contributed by atoms with Crippen molar-refractivity contribution in [3.63, 3.8) is 0 Å². The fourth-order valence-corrected chi connectivity index (χ4v) is 3.26. The summed E-state index contributed by atoms with van der Waals surface area (Å²) in [6.45, 7) is 1.40. The van der Waals surface area contributed by atoms with Crippen LogP contribution in [0.25, 0.3) is 10.8 Å². The molecule has 36 heavy (non-hydrogen) atoms. The Morgan fingerprint density at radius 2 is 1.75 bits per heavy atom. The molecule has 0 spiro atoms. The van der Waals surface area contributed by atoms with Crippen LogP contribution in [-0.4, -0.2) is 41.6 Å². The van der Waals surface area contributed by atoms with E-state index in [-0.39, 0.29) is 12.4 Å². The Bertz CT molecular complexity index is 1260. The molecule has 4 N–H and O–H groups in total.